The quantitative estimate of drug-likeness (QED) is 0.553. The van der Waals surface area contributed by atoms with Crippen LogP contribution in [0.2, 0.25) is 0 Å². The number of hydrogen-bond donors (Lipinski definition) is 0. The third-order valence-corrected chi connectivity index (χ3v) is 3.53. The third kappa shape index (κ3) is 2.36. The smallest absolute Gasteiger partial charge is 0.0322 e. The van der Waals surface area contributed by atoms with Crippen molar-refractivity contribution in [2.75, 3.05) is 0 Å². The lowest BCUT2D eigenvalue weighted by atomic mass is 9.71. The van der Waals surface area contributed by atoms with E-state index in [2.05, 4.69) is 32.9 Å². The van der Waals surface area contributed by atoms with E-state index in [-0.39, 0.29) is 0 Å². The maximum atomic E-state index is 2.43. The molecule has 1 aliphatic rings. The minimum Gasteiger partial charge on any atom is -0.0917 e. The SMILES string of the molecule is CC=CCC(C)C(C)C1CCC1. The van der Waals surface area contributed by atoms with Crippen molar-refractivity contribution in [1.29, 1.82) is 0 Å². The van der Waals surface area contributed by atoms with Crippen LogP contribution in [0.15, 0.2) is 12.2 Å². The first-order chi connectivity index (χ1) is 5.75. The molecule has 12 heavy (non-hydrogen) atoms. The van der Waals surface area contributed by atoms with Crippen LogP contribution in [-0.4, -0.2) is 0 Å². The van der Waals surface area contributed by atoms with E-state index in [0.29, 0.717) is 0 Å². The van der Waals surface area contributed by atoms with Gasteiger partial charge < -0.3 is 0 Å². The lowest BCUT2D eigenvalue weighted by Gasteiger charge is -2.34. The van der Waals surface area contributed by atoms with Gasteiger partial charge in [0.05, 0.1) is 0 Å². The molecular weight excluding hydrogens is 144 g/mol. The van der Waals surface area contributed by atoms with Crippen LogP contribution in [0.5, 0.6) is 0 Å². The highest BCUT2D eigenvalue weighted by atomic mass is 14.3. The molecule has 0 amide bonds. The molecular formula is C12H22. The summed E-state index contributed by atoms with van der Waals surface area (Å²) in [5, 5.41) is 0. The summed E-state index contributed by atoms with van der Waals surface area (Å²) in [6, 6.07) is 0. The van der Waals surface area contributed by atoms with Crippen LogP contribution in [0.1, 0.15) is 46.5 Å². The van der Waals surface area contributed by atoms with Crippen LogP contribution in [0.3, 0.4) is 0 Å². The molecule has 2 unspecified atom stereocenters. The molecule has 1 rings (SSSR count). The minimum absolute atomic E-state index is 0.881. The van der Waals surface area contributed by atoms with E-state index in [0.717, 1.165) is 17.8 Å². The van der Waals surface area contributed by atoms with Gasteiger partial charge in [0.15, 0.2) is 0 Å². The molecule has 0 nitrogen and oxygen atoms in total. The van der Waals surface area contributed by atoms with Crippen molar-refractivity contribution in [2.24, 2.45) is 17.8 Å². The first kappa shape index (κ1) is 9.83. The van der Waals surface area contributed by atoms with E-state index in [4.69, 9.17) is 0 Å². The predicted octanol–water partition coefficient (Wildman–Crippen LogP) is 4.02. The maximum Gasteiger partial charge on any atom is -0.0322 e. The van der Waals surface area contributed by atoms with E-state index in [1.807, 2.05) is 0 Å². The lowest BCUT2D eigenvalue weighted by molar-refractivity contribution is 0.168. The highest BCUT2D eigenvalue weighted by Crippen LogP contribution is 2.37. The Morgan fingerprint density at radius 3 is 2.42 bits per heavy atom. The molecule has 0 aromatic heterocycles. The minimum atomic E-state index is 0.881. The molecule has 0 N–H and O–H groups in total. The van der Waals surface area contributed by atoms with Gasteiger partial charge in [0.1, 0.15) is 0 Å². The van der Waals surface area contributed by atoms with Gasteiger partial charge >= 0.3 is 0 Å². The fourth-order valence-corrected chi connectivity index (χ4v) is 2.00. The van der Waals surface area contributed by atoms with Crippen LogP contribution >= 0.6 is 0 Å². The molecule has 0 aromatic carbocycles. The summed E-state index contributed by atoms with van der Waals surface area (Å²) in [5.41, 5.74) is 0. The summed E-state index contributed by atoms with van der Waals surface area (Å²) in [6.07, 6.45) is 10.2. The largest absolute Gasteiger partial charge is 0.0917 e. The Balaban J connectivity index is 2.24. The monoisotopic (exact) mass is 166 g/mol. The Morgan fingerprint density at radius 1 is 1.33 bits per heavy atom. The zero-order valence-electron chi connectivity index (χ0n) is 8.72. The second kappa shape index (κ2) is 4.69. The van der Waals surface area contributed by atoms with E-state index in [9.17, 15) is 0 Å². The molecule has 0 aliphatic heterocycles. The van der Waals surface area contributed by atoms with Gasteiger partial charge in [-0.15, -0.1) is 0 Å². The summed E-state index contributed by atoms with van der Waals surface area (Å²) in [5.74, 6) is 2.87. The van der Waals surface area contributed by atoms with E-state index >= 15 is 0 Å². The Bertz CT molecular complexity index is 142. The van der Waals surface area contributed by atoms with Crippen molar-refractivity contribution in [1.82, 2.24) is 0 Å². The molecule has 0 radical (unpaired) electrons. The molecule has 0 heteroatoms. The Morgan fingerprint density at radius 2 is 2.00 bits per heavy atom. The normalized spacial score (nSPS) is 23.9. The number of rotatable bonds is 4. The molecule has 70 valence electrons. The van der Waals surface area contributed by atoms with Crippen molar-refractivity contribution in [3.63, 3.8) is 0 Å². The molecule has 0 bridgehead atoms. The Kier molecular flexibility index (Phi) is 3.84. The van der Waals surface area contributed by atoms with Gasteiger partial charge in [0, 0.05) is 0 Å². The Hall–Kier alpha value is -0.260. The zero-order chi connectivity index (χ0) is 8.97. The molecule has 0 heterocycles. The van der Waals surface area contributed by atoms with Crippen LogP contribution in [0.25, 0.3) is 0 Å². The first-order valence-corrected chi connectivity index (χ1v) is 5.37. The van der Waals surface area contributed by atoms with E-state index in [1.54, 1.807) is 0 Å². The highest BCUT2D eigenvalue weighted by molar-refractivity contribution is 4.84. The maximum absolute atomic E-state index is 2.43. The fraction of sp³-hybridized carbons (Fsp3) is 0.833. The summed E-state index contributed by atoms with van der Waals surface area (Å²) < 4.78 is 0. The van der Waals surface area contributed by atoms with Crippen LogP contribution < -0.4 is 0 Å². The summed E-state index contributed by atoms with van der Waals surface area (Å²) in [4.78, 5) is 0. The first-order valence-electron chi connectivity index (χ1n) is 5.37. The van der Waals surface area contributed by atoms with Gasteiger partial charge in [-0.2, -0.15) is 0 Å². The fourth-order valence-electron chi connectivity index (χ4n) is 2.00. The van der Waals surface area contributed by atoms with Crippen molar-refractivity contribution in [2.45, 2.75) is 46.5 Å². The van der Waals surface area contributed by atoms with Gasteiger partial charge in [-0.05, 0) is 31.1 Å². The van der Waals surface area contributed by atoms with E-state index in [1.165, 1.54) is 25.7 Å². The third-order valence-electron chi connectivity index (χ3n) is 3.53. The summed E-state index contributed by atoms with van der Waals surface area (Å²) in [7, 11) is 0. The molecule has 0 aromatic rings. The molecule has 1 fully saturated rings. The molecule has 1 aliphatic carbocycles. The highest BCUT2D eigenvalue weighted by Gasteiger charge is 2.26. The second-order valence-electron chi connectivity index (χ2n) is 4.33. The van der Waals surface area contributed by atoms with Gasteiger partial charge in [-0.1, -0.05) is 45.3 Å². The Labute approximate surface area is 77.1 Å². The zero-order valence-corrected chi connectivity index (χ0v) is 8.72. The molecule has 1 saturated carbocycles. The summed E-state index contributed by atoms with van der Waals surface area (Å²) in [6.45, 7) is 6.93. The second-order valence-corrected chi connectivity index (χ2v) is 4.33. The summed E-state index contributed by atoms with van der Waals surface area (Å²) >= 11 is 0. The molecule has 0 spiro atoms. The van der Waals surface area contributed by atoms with Gasteiger partial charge in [-0.25, -0.2) is 0 Å². The van der Waals surface area contributed by atoms with E-state index < -0.39 is 0 Å². The lowest BCUT2D eigenvalue weighted by Crippen LogP contribution is -2.24. The van der Waals surface area contributed by atoms with Gasteiger partial charge in [0.2, 0.25) is 0 Å². The molecule has 0 saturated heterocycles. The average molecular weight is 166 g/mol. The predicted molar refractivity (Wildman–Crippen MR) is 55.1 cm³/mol. The standard InChI is InChI=1S/C12H22/c1-4-5-7-10(2)11(3)12-8-6-9-12/h4-5,10-12H,6-9H2,1-3H3. The topological polar surface area (TPSA) is 0 Å². The van der Waals surface area contributed by atoms with Crippen LogP contribution in [0.4, 0.5) is 0 Å². The van der Waals surface area contributed by atoms with Crippen molar-refractivity contribution in [3.8, 4) is 0 Å². The van der Waals surface area contributed by atoms with Gasteiger partial charge in [-0.3, -0.25) is 0 Å². The number of hydrogen-bond acceptors (Lipinski definition) is 0. The van der Waals surface area contributed by atoms with Crippen molar-refractivity contribution < 1.29 is 0 Å². The number of allylic oxidation sites excluding steroid dienone is 2. The van der Waals surface area contributed by atoms with Crippen LogP contribution in [0, 0.1) is 17.8 Å². The van der Waals surface area contributed by atoms with Crippen molar-refractivity contribution in [3.05, 3.63) is 12.2 Å². The van der Waals surface area contributed by atoms with Gasteiger partial charge in [0.25, 0.3) is 0 Å². The average Bonchev–Trinajstić information content (AvgIpc) is 1.96. The molecule has 2 atom stereocenters. The van der Waals surface area contributed by atoms with Crippen molar-refractivity contribution >= 4 is 0 Å². The van der Waals surface area contributed by atoms with Crippen LogP contribution in [-0.2, 0) is 0 Å².